The molecule has 0 aliphatic carbocycles. The first kappa shape index (κ1) is 19.7. The van der Waals surface area contributed by atoms with Gasteiger partial charge in [0.1, 0.15) is 5.75 Å². The summed E-state index contributed by atoms with van der Waals surface area (Å²) in [4.78, 5) is 9.43. The number of aromatic nitrogens is 1. The van der Waals surface area contributed by atoms with Crippen LogP contribution >= 0.6 is 0 Å². The Morgan fingerprint density at radius 2 is 1.90 bits per heavy atom. The van der Waals surface area contributed by atoms with Crippen LogP contribution in [0.5, 0.6) is 5.75 Å². The average Bonchev–Trinajstić information content (AvgIpc) is 2.76. The maximum Gasteiger partial charge on any atom is 0.119 e. The maximum atomic E-state index is 9.65. The third kappa shape index (κ3) is 4.52. The van der Waals surface area contributed by atoms with Gasteiger partial charge in [-0.3, -0.25) is 9.88 Å². The smallest absolute Gasteiger partial charge is 0.119 e. The number of para-hydroxylation sites is 1. The molecule has 1 aliphatic rings. The lowest BCUT2D eigenvalue weighted by atomic mass is 10.0. The number of rotatable bonds is 7. The number of hydrogen-bond donors (Lipinski definition) is 1. The van der Waals surface area contributed by atoms with E-state index in [9.17, 15) is 5.11 Å². The van der Waals surface area contributed by atoms with Gasteiger partial charge in [0, 0.05) is 56.1 Å². The second kappa shape index (κ2) is 9.25. The van der Waals surface area contributed by atoms with Crippen molar-refractivity contribution in [2.75, 3.05) is 37.7 Å². The van der Waals surface area contributed by atoms with Crippen LogP contribution < -0.4 is 9.64 Å². The molecule has 1 aliphatic heterocycles. The normalized spacial score (nSPS) is 17.6. The minimum absolute atomic E-state index is 0.204. The van der Waals surface area contributed by atoms with Crippen LogP contribution in [0.25, 0.3) is 10.9 Å². The number of pyridine rings is 1. The Labute approximate surface area is 172 Å². The predicted octanol–water partition coefficient (Wildman–Crippen LogP) is 3.71. The van der Waals surface area contributed by atoms with Gasteiger partial charge < -0.3 is 14.7 Å². The standard InChI is InChI=1S/C24H29N3O2/c1-2-29-21-9-7-19(8-10-21)17-26-14-15-27(18-20(26)12-16-28)24-11-13-25-23-6-4-3-5-22(23)24/h3-11,13,20,28H,2,12,14-18H2,1H3. The fourth-order valence-electron chi connectivity index (χ4n) is 4.19. The van der Waals surface area contributed by atoms with Crippen molar-refractivity contribution >= 4 is 16.6 Å². The van der Waals surface area contributed by atoms with Crippen LogP contribution in [0.3, 0.4) is 0 Å². The second-order valence-electron chi connectivity index (χ2n) is 7.51. The van der Waals surface area contributed by atoms with E-state index in [-0.39, 0.29) is 6.61 Å². The minimum atomic E-state index is 0.204. The van der Waals surface area contributed by atoms with E-state index in [4.69, 9.17) is 4.74 Å². The summed E-state index contributed by atoms with van der Waals surface area (Å²) in [5.74, 6) is 0.914. The molecule has 3 aromatic rings. The van der Waals surface area contributed by atoms with E-state index in [1.807, 2.05) is 31.3 Å². The van der Waals surface area contributed by atoms with Crippen LogP contribution in [-0.4, -0.2) is 53.9 Å². The molecule has 5 nitrogen and oxygen atoms in total. The molecule has 1 N–H and O–H groups in total. The lowest BCUT2D eigenvalue weighted by Gasteiger charge is -2.42. The number of piperazine rings is 1. The van der Waals surface area contributed by atoms with Crippen LogP contribution in [0.1, 0.15) is 18.9 Å². The van der Waals surface area contributed by atoms with E-state index in [0.717, 1.165) is 43.9 Å². The van der Waals surface area contributed by atoms with E-state index in [1.165, 1.54) is 16.6 Å². The highest BCUT2D eigenvalue weighted by atomic mass is 16.5. The molecule has 1 atom stereocenters. The Kier molecular flexibility index (Phi) is 6.27. The molecular formula is C24H29N3O2. The summed E-state index contributed by atoms with van der Waals surface area (Å²) in [6.07, 6.45) is 2.67. The monoisotopic (exact) mass is 391 g/mol. The van der Waals surface area contributed by atoms with Crippen molar-refractivity contribution in [3.63, 3.8) is 0 Å². The summed E-state index contributed by atoms with van der Waals surface area (Å²) in [7, 11) is 0. The molecule has 29 heavy (non-hydrogen) atoms. The van der Waals surface area contributed by atoms with Crippen LogP contribution in [0.2, 0.25) is 0 Å². The summed E-state index contributed by atoms with van der Waals surface area (Å²) in [6, 6.07) is 19.1. The molecule has 152 valence electrons. The third-order valence-electron chi connectivity index (χ3n) is 5.65. The fraction of sp³-hybridized carbons (Fsp3) is 0.375. The Hall–Kier alpha value is -2.63. The quantitative estimate of drug-likeness (QED) is 0.665. The average molecular weight is 392 g/mol. The van der Waals surface area contributed by atoms with Gasteiger partial charge in [-0.25, -0.2) is 0 Å². The van der Waals surface area contributed by atoms with Gasteiger partial charge in [-0.15, -0.1) is 0 Å². The number of fused-ring (bicyclic) bond motifs is 1. The van der Waals surface area contributed by atoms with E-state index < -0.39 is 0 Å². The maximum absolute atomic E-state index is 9.65. The van der Waals surface area contributed by atoms with Crippen molar-refractivity contribution in [2.45, 2.75) is 25.9 Å². The van der Waals surface area contributed by atoms with Gasteiger partial charge in [-0.05, 0) is 43.2 Å². The first-order valence-corrected chi connectivity index (χ1v) is 10.4. The van der Waals surface area contributed by atoms with Gasteiger partial charge in [-0.1, -0.05) is 30.3 Å². The number of ether oxygens (including phenoxy) is 1. The number of benzene rings is 2. The van der Waals surface area contributed by atoms with E-state index in [0.29, 0.717) is 12.6 Å². The topological polar surface area (TPSA) is 48.8 Å². The number of nitrogens with zero attached hydrogens (tertiary/aromatic N) is 3. The molecule has 5 heteroatoms. The highest BCUT2D eigenvalue weighted by Gasteiger charge is 2.27. The summed E-state index contributed by atoms with van der Waals surface area (Å²) < 4.78 is 5.55. The van der Waals surface area contributed by atoms with Crippen molar-refractivity contribution in [2.24, 2.45) is 0 Å². The van der Waals surface area contributed by atoms with E-state index >= 15 is 0 Å². The number of aliphatic hydroxyl groups is 1. The van der Waals surface area contributed by atoms with E-state index in [1.54, 1.807) is 0 Å². The molecule has 1 fully saturated rings. The first-order valence-electron chi connectivity index (χ1n) is 10.4. The lowest BCUT2D eigenvalue weighted by molar-refractivity contribution is 0.135. The molecule has 2 heterocycles. The summed E-state index contributed by atoms with van der Waals surface area (Å²) in [6.45, 7) is 6.62. The van der Waals surface area contributed by atoms with Crippen molar-refractivity contribution in [1.82, 2.24) is 9.88 Å². The van der Waals surface area contributed by atoms with Crippen molar-refractivity contribution in [3.05, 3.63) is 66.4 Å². The Morgan fingerprint density at radius 1 is 1.07 bits per heavy atom. The van der Waals surface area contributed by atoms with Gasteiger partial charge in [0.15, 0.2) is 0 Å². The zero-order chi connectivity index (χ0) is 20.1. The van der Waals surface area contributed by atoms with Gasteiger partial charge in [-0.2, -0.15) is 0 Å². The molecule has 1 aromatic heterocycles. The molecule has 0 saturated carbocycles. The SMILES string of the molecule is CCOc1ccc(CN2CCN(c3ccnc4ccccc34)CC2CCO)cc1. The highest BCUT2D eigenvalue weighted by Crippen LogP contribution is 2.28. The molecule has 1 unspecified atom stereocenters. The second-order valence-corrected chi connectivity index (χ2v) is 7.51. The summed E-state index contributed by atoms with van der Waals surface area (Å²) in [5, 5.41) is 10.8. The molecule has 2 aromatic carbocycles. The van der Waals surface area contributed by atoms with Gasteiger partial charge in [0.2, 0.25) is 0 Å². The fourth-order valence-corrected chi connectivity index (χ4v) is 4.19. The van der Waals surface area contributed by atoms with Crippen LogP contribution in [-0.2, 0) is 6.54 Å². The van der Waals surface area contributed by atoms with Crippen LogP contribution in [0, 0.1) is 0 Å². The van der Waals surface area contributed by atoms with Crippen molar-refractivity contribution < 1.29 is 9.84 Å². The Balaban J connectivity index is 1.49. The van der Waals surface area contributed by atoms with Gasteiger partial charge in [0.05, 0.1) is 12.1 Å². The molecule has 0 radical (unpaired) electrons. The predicted molar refractivity (Wildman–Crippen MR) is 117 cm³/mol. The highest BCUT2D eigenvalue weighted by molar-refractivity contribution is 5.91. The minimum Gasteiger partial charge on any atom is -0.494 e. The molecule has 1 saturated heterocycles. The molecule has 0 bridgehead atoms. The Morgan fingerprint density at radius 3 is 2.69 bits per heavy atom. The van der Waals surface area contributed by atoms with Gasteiger partial charge >= 0.3 is 0 Å². The van der Waals surface area contributed by atoms with Crippen LogP contribution in [0.15, 0.2) is 60.8 Å². The summed E-state index contributed by atoms with van der Waals surface area (Å²) in [5.41, 5.74) is 3.54. The van der Waals surface area contributed by atoms with E-state index in [2.05, 4.69) is 51.2 Å². The number of hydrogen-bond acceptors (Lipinski definition) is 5. The summed E-state index contributed by atoms with van der Waals surface area (Å²) >= 11 is 0. The molecule has 0 spiro atoms. The molecule has 0 amide bonds. The van der Waals surface area contributed by atoms with Crippen molar-refractivity contribution in [1.29, 1.82) is 0 Å². The molecule has 4 rings (SSSR count). The largest absolute Gasteiger partial charge is 0.494 e. The lowest BCUT2D eigenvalue weighted by Crippen LogP contribution is -2.53. The number of aliphatic hydroxyl groups excluding tert-OH is 1. The third-order valence-corrected chi connectivity index (χ3v) is 5.65. The first-order chi connectivity index (χ1) is 14.3. The Bertz CT molecular complexity index is 924. The zero-order valence-electron chi connectivity index (χ0n) is 17.0. The van der Waals surface area contributed by atoms with Crippen molar-refractivity contribution in [3.8, 4) is 5.75 Å². The van der Waals surface area contributed by atoms with Crippen LogP contribution in [0.4, 0.5) is 5.69 Å². The number of anilines is 1. The van der Waals surface area contributed by atoms with Gasteiger partial charge in [0.25, 0.3) is 0 Å². The zero-order valence-corrected chi connectivity index (χ0v) is 17.0. The molecular weight excluding hydrogens is 362 g/mol.